The molecule has 0 amide bonds. The zero-order valence-corrected chi connectivity index (χ0v) is 12.1. The molecule has 0 bridgehead atoms. The molecule has 0 unspecified atom stereocenters. The molecule has 0 atom stereocenters. The summed E-state index contributed by atoms with van der Waals surface area (Å²) in [6.45, 7) is 0. The number of nitrogens with one attached hydrogen (secondary N) is 1. The third kappa shape index (κ3) is 2.92. The van der Waals surface area contributed by atoms with Crippen molar-refractivity contribution in [3.8, 4) is 11.3 Å². The quantitative estimate of drug-likeness (QED) is 0.684. The molecule has 3 rings (SSSR count). The molecular weight excluding hydrogens is 290 g/mol. The minimum absolute atomic E-state index is 0.720. The highest BCUT2D eigenvalue weighted by molar-refractivity contribution is 7.14. The molecule has 0 spiro atoms. The van der Waals surface area contributed by atoms with Crippen LogP contribution in [0.4, 0.5) is 16.5 Å². The van der Waals surface area contributed by atoms with E-state index >= 15 is 0 Å². The summed E-state index contributed by atoms with van der Waals surface area (Å²) in [5.41, 5.74) is 9.39. The van der Waals surface area contributed by atoms with Crippen LogP contribution in [-0.2, 0) is 0 Å². The van der Waals surface area contributed by atoms with Crippen LogP contribution in [0.5, 0.6) is 0 Å². The molecule has 3 nitrogen and oxygen atoms in total. The van der Waals surface area contributed by atoms with Gasteiger partial charge in [0.05, 0.1) is 5.69 Å². The van der Waals surface area contributed by atoms with E-state index in [1.54, 1.807) is 11.3 Å². The Labute approximate surface area is 126 Å². The second kappa shape index (κ2) is 5.53. The standard InChI is InChI=1S/C15H12ClN3S/c16-11-3-7-13(8-4-11)18-15-19-14(9-20-15)10-1-5-12(17)6-2-10/h1-9H,17H2,(H,18,19). The first-order valence-corrected chi connectivity index (χ1v) is 7.30. The minimum Gasteiger partial charge on any atom is -0.399 e. The van der Waals surface area contributed by atoms with Crippen LogP contribution in [0.25, 0.3) is 11.3 Å². The Morgan fingerprint density at radius 3 is 2.40 bits per heavy atom. The molecule has 3 N–H and O–H groups in total. The van der Waals surface area contributed by atoms with E-state index < -0.39 is 0 Å². The molecule has 3 aromatic rings. The van der Waals surface area contributed by atoms with Crippen molar-refractivity contribution in [3.63, 3.8) is 0 Å². The molecule has 0 aliphatic heterocycles. The summed E-state index contributed by atoms with van der Waals surface area (Å²) < 4.78 is 0. The normalized spacial score (nSPS) is 10.4. The lowest BCUT2D eigenvalue weighted by atomic mass is 10.1. The van der Waals surface area contributed by atoms with Crippen molar-refractivity contribution in [3.05, 3.63) is 58.9 Å². The van der Waals surface area contributed by atoms with Gasteiger partial charge in [-0.05, 0) is 36.4 Å². The highest BCUT2D eigenvalue weighted by Crippen LogP contribution is 2.27. The van der Waals surface area contributed by atoms with E-state index in [1.807, 2.05) is 53.9 Å². The smallest absolute Gasteiger partial charge is 0.187 e. The van der Waals surface area contributed by atoms with Gasteiger partial charge in [-0.2, -0.15) is 0 Å². The van der Waals surface area contributed by atoms with Crippen LogP contribution in [0, 0.1) is 0 Å². The Balaban J connectivity index is 1.80. The number of hydrogen-bond acceptors (Lipinski definition) is 4. The second-order valence-corrected chi connectivity index (χ2v) is 5.59. The van der Waals surface area contributed by atoms with E-state index in [0.717, 1.165) is 32.8 Å². The maximum Gasteiger partial charge on any atom is 0.187 e. The average Bonchev–Trinajstić information content (AvgIpc) is 2.91. The number of benzene rings is 2. The highest BCUT2D eigenvalue weighted by atomic mass is 35.5. The van der Waals surface area contributed by atoms with E-state index in [4.69, 9.17) is 17.3 Å². The molecule has 100 valence electrons. The Hall–Kier alpha value is -2.04. The van der Waals surface area contributed by atoms with Gasteiger partial charge in [-0.1, -0.05) is 23.7 Å². The fourth-order valence-electron chi connectivity index (χ4n) is 1.77. The molecule has 5 heteroatoms. The third-order valence-corrected chi connectivity index (χ3v) is 3.82. The van der Waals surface area contributed by atoms with Crippen LogP contribution in [0.2, 0.25) is 5.02 Å². The number of aromatic nitrogens is 1. The molecular formula is C15H12ClN3S. The van der Waals surface area contributed by atoms with Gasteiger partial charge in [-0.15, -0.1) is 11.3 Å². The van der Waals surface area contributed by atoms with Gasteiger partial charge in [0.1, 0.15) is 0 Å². The highest BCUT2D eigenvalue weighted by Gasteiger charge is 2.04. The van der Waals surface area contributed by atoms with Crippen LogP contribution < -0.4 is 11.1 Å². The van der Waals surface area contributed by atoms with Gasteiger partial charge in [0.15, 0.2) is 5.13 Å². The summed E-state index contributed by atoms with van der Waals surface area (Å²) in [6.07, 6.45) is 0. The Bertz CT molecular complexity index is 705. The zero-order chi connectivity index (χ0) is 13.9. The molecule has 1 heterocycles. The fraction of sp³-hybridized carbons (Fsp3) is 0. The van der Waals surface area contributed by atoms with Crippen molar-refractivity contribution in [1.82, 2.24) is 4.98 Å². The molecule has 0 aliphatic carbocycles. The molecule has 20 heavy (non-hydrogen) atoms. The van der Waals surface area contributed by atoms with Gasteiger partial charge in [0.25, 0.3) is 0 Å². The molecule has 0 aliphatic rings. The van der Waals surface area contributed by atoms with Gasteiger partial charge in [0, 0.05) is 27.3 Å². The number of nitrogen functional groups attached to an aromatic ring is 1. The summed E-state index contributed by atoms with van der Waals surface area (Å²) in [4.78, 5) is 4.56. The third-order valence-electron chi connectivity index (χ3n) is 2.81. The van der Waals surface area contributed by atoms with Gasteiger partial charge < -0.3 is 11.1 Å². The number of nitrogens with zero attached hydrogens (tertiary/aromatic N) is 1. The SMILES string of the molecule is Nc1ccc(-c2csc(Nc3ccc(Cl)cc3)n2)cc1. The maximum atomic E-state index is 5.86. The second-order valence-electron chi connectivity index (χ2n) is 4.29. The Morgan fingerprint density at radius 1 is 1.00 bits per heavy atom. The summed E-state index contributed by atoms with van der Waals surface area (Å²) >= 11 is 7.42. The first-order chi connectivity index (χ1) is 9.70. The van der Waals surface area contributed by atoms with E-state index in [2.05, 4.69) is 10.3 Å². The van der Waals surface area contributed by atoms with Crippen LogP contribution in [0.3, 0.4) is 0 Å². The number of nitrogens with two attached hydrogens (primary N) is 1. The predicted molar refractivity (Wildman–Crippen MR) is 86.7 cm³/mol. The topological polar surface area (TPSA) is 50.9 Å². The maximum absolute atomic E-state index is 5.86. The summed E-state index contributed by atoms with van der Waals surface area (Å²) in [7, 11) is 0. The number of thiazole rings is 1. The van der Waals surface area contributed by atoms with Gasteiger partial charge in [-0.3, -0.25) is 0 Å². The fourth-order valence-corrected chi connectivity index (χ4v) is 2.64. The monoisotopic (exact) mass is 301 g/mol. The van der Waals surface area contributed by atoms with E-state index in [0.29, 0.717) is 0 Å². The number of halogens is 1. The van der Waals surface area contributed by atoms with Crippen LogP contribution in [-0.4, -0.2) is 4.98 Å². The van der Waals surface area contributed by atoms with Gasteiger partial charge in [-0.25, -0.2) is 4.98 Å². The van der Waals surface area contributed by atoms with Crippen molar-refractivity contribution in [2.24, 2.45) is 0 Å². The minimum atomic E-state index is 0.720. The first kappa shape index (κ1) is 13.0. The van der Waals surface area contributed by atoms with Crippen molar-refractivity contribution in [2.75, 3.05) is 11.1 Å². The number of anilines is 3. The van der Waals surface area contributed by atoms with Crippen LogP contribution in [0.1, 0.15) is 0 Å². The molecule has 0 saturated heterocycles. The van der Waals surface area contributed by atoms with Crippen molar-refractivity contribution < 1.29 is 0 Å². The van der Waals surface area contributed by atoms with Gasteiger partial charge >= 0.3 is 0 Å². The van der Waals surface area contributed by atoms with Crippen molar-refractivity contribution >= 4 is 39.4 Å². The summed E-state index contributed by atoms with van der Waals surface area (Å²) in [5, 5.41) is 6.84. The van der Waals surface area contributed by atoms with Gasteiger partial charge in [0.2, 0.25) is 0 Å². The molecule has 2 aromatic carbocycles. The lowest BCUT2D eigenvalue weighted by Gasteiger charge is -2.02. The van der Waals surface area contributed by atoms with E-state index in [-0.39, 0.29) is 0 Å². The van der Waals surface area contributed by atoms with E-state index in [1.165, 1.54) is 0 Å². The van der Waals surface area contributed by atoms with Crippen LogP contribution >= 0.6 is 22.9 Å². The zero-order valence-electron chi connectivity index (χ0n) is 10.5. The lowest BCUT2D eigenvalue weighted by molar-refractivity contribution is 1.38. The first-order valence-electron chi connectivity index (χ1n) is 6.05. The largest absolute Gasteiger partial charge is 0.399 e. The number of hydrogen-bond donors (Lipinski definition) is 2. The predicted octanol–water partition coefficient (Wildman–Crippen LogP) is 4.79. The lowest BCUT2D eigenvalue weighted by Crippen LogP contribution is -1.89. The number of rotatable bonds is 3. The van der Waals surface area contributed by atoms with Crippen molar-refractivity contribution in [2.45, 2.75) is 0 Å². The molecule has 0 radical (unpaired) electrons. The summed E-state index contributed by atoms with van der Waals surface area (Å²) in [5.74, 6) is 0. The van der Waals surface area contributed by atoms with Crippen LogP contribution in [0.15, 0.2) is 53.9 Å². The van der Waals surface area contributed by atoms with E-state index in [9.17, 15) is 0 Å². The molecule has 1 aromatic heterocycles. The molecule has 0 saturated carbocycles. The van der Waals surface area contributed by atoms with Crippen molar-refractivity contribution in [1.29, 1.82) is 0 Å². The Morgan fingerprint density at radius 2 is 1.70 bits per heavy atom. The molecule has 0 fully saturated rings. The average molecular weight is 302 g/mol. The Kier molecular flexibility index (Phi) is 3.58. The summed E-state index contributed by atoms with van der Waals surface area (Å²) in [6, 6.07) is 15.2.